The molecule has 22 heavy (non-hydrogen) atoms. The molecular weight excluding hydrogens is 316 g/mol. The van der Waals surface area contributed by atoms with E-state index in [1.807, 2.05) is 24.3 Å². The number of aromatic nitrogens is 2. The average Bonchev–Trinajstić information content (AvgIpc) is 2.85. The van der Waals surface area contributed by atoms with Crippen LogP contribution in [0.4, 0.5) is 5.82 Å². The van der Waals surface area contributed by atoms with Crippen LogP contribution in [0.3, 0.4) is 0 Å². The molecule has 0 saturated carbocycles. The van der Waals surface area contributed by atoms with Crippen molar-refractivity contribution in [2.75, 3.05) is 18.4 Å². The summed E-state index contributed by atoms with van der Waals surface area (Å²) in [5, 5.41) is 5.18. The van der Waals surface area contributed by atoms with Crippen LogP contribution in [0.2, 0.25) is 5.02 Å². The van der Waals surface area contributed by atoms with Crippen LogP contribution in [0.15, 0.2) is 30.6 Å². The standard InChI is InChI=1S/C16H17ClN4S/c1-10-13(11-3-5-12(17)6-4-11)14-15(19-8-2-7-18)20-9-21-16(14)22-10/h3-6,9H,2,7-8,18H2,1H3,(H,19,20,21). The van der Waals surface area contributed by atoms with Crippen molar-refractivity contribution in [3.05, 3.63) is 40.5 Å². The lowest BCUT2D eigenvalue weighted by molar-refractivity contribution is 0.871. The third kappa shape index (κ3) is 2.92. The van der Waals surface area contributed by atoms with E-state index in [2.05, 4.69) is 22.2 Å². The normalized spacial score (nSPS) is 11.0. The SMILES string of the molecule is Cc1sc2ncnc(NCCCN)c2c1-c1ccc(Cl)cc1. The molecule has 0 bridgehead atoms. The molecule has 0 atom stereocenters. The lowest BCUT2D eigenvalue weighted by atomic mass is 10.0. The Morgan fingerprint density at radius 1 is 1.23 bits per heavy atom. The monoisotopic (exact) mass is 332 g/mol. The van der Waals surface area contributed by atoms with Gasteiger partial charge in [-0.1, -0.05) is 23.7 Å². The van der Waals surface area contributed by atoms with Crippen LogP contribution in [-0.2, 0) is 0 Å². The molecule has 0 saturated heterocycles. The molecule has 114 valence electrons. The van der Waals surface area contributed by atoms with E-state index in [0.29, 0.717) is 6.54 Å². The number of thiophene rings is 1. The van der Waals surface area contributed by atoms with E-state index in [1.54, 1.807) is 17.7 Å². The van der Waals surface area contributed by atoms with Crippen molar-refractivity contribution in [1.29, 1.82) is 0 Å². The zero-order chi connectivity index (χ0) is 15.5. The van der Waals surface area contributed by atoms with Gasteiger partial charge in [0, 0.05) is 22.0 Å². The second-order valence-corrected chi connectivity index (χ2v) is 6.65. The van der Waals surface area contributed by atoms with Gasteiger partial charge < -0.3 is 11.1 Å². The summed E-state index contributed by atoms with van der Waals surface area (Å²) in [7, 11) is 0. The van der Waals surface area contributed by atoms with Gasteiger partial charge in [0.15, 0.2) is 0 Å². The molecular formula is C16H17ClN4S. The molecule has 2 heterocycles. The molecule has 0 aliphatic carbocycles. The summed E-state index contributed by atoms with van der Waals surface area (Å²) >= 11 is 7.68. The van der Waals surface area contributed by atoms with Gasteiger partial charge in [-0.3, -0.25) is 0 Å². The number of anilines is 1. The third-order valence-corrected chi connectivity index (χ3v) is 4.74. The first-order chi connectivity index (χ1) is 10.7. The van der Waals surface area contributed by atoms with Gasteiger partial charge in [0.2, 0.25) is 0 Å². The number of nitrogens with zero attached hydrogens (tertiary/aromatic N) is 2. The molecule has 0 spiro atoms. The first-order valence-electron chi connectivity index (χ1n) is 7.14. The molecule has 0 amide bonds. The minimum absolute atomic E-state index is 0.661. The maximum atomic E-state index is 6.00. The minimum atomic E-state index is 0.661. The van der Waals surface area contributed by atoms with Crippen molar-refractivity contribution in [3.8, 4) is 11.1 Å². The van der Waals surface area contributed by atoms with Gasteiger partial charge in [-0.2, -0.15) is 0 Å². The molecule has 0 radical (unpaired) electrons. The van der Waals surface area contributed by atoms with Crippen molar-refractivity contribution in [1.82, 2.24) is 9.97 Å². The number of nitrogens with one attached hydrogen (secondary N) is 1. The smallest absolute Gasteiger partial charge is 0.138 e. The number of aryl methyl sites for hydroxylation is 1. The second kappa shape index (κ2) is 6.60. The first kappa shape index (κ1) is 15.2. The Morgan fingerprint density at radius 3 is 2.73 bits per heavy atom. The third-order valence-electron chi connectivity index (χ3n) is 3.47. The summed E-state index contributed by atoms with van der Waals surface area (Å²) in [4.78, 5) is 11.0. The summed E-state index contributed by atoms with van der Waals surface area (Å²) in [6.45, 7) is 3.57. The van der Waals surface area contributed by atoms with E-state index in [0.717, 1.165) is 39.6 Å². The zero-order valence-corrected chi connectivity index (χ0v) is 13.8. The van der Waals surface area contributed by atoms with E-state index >= 15 is 0 Å². The van der Waals surface area contributed by atoms with Crippen LogP contribution in [0, 0.1) is 6.92 Å². The summed E-state index contributed by atoms with van der Waals surface area (Å²) in [6.07, 6.45) is 2.51. The summed E-state index contributed by atoms with van der Waals surface area (Å²) < 4.78 is 0. The van der Waals surface area contributed by atoms with E-state index in [4.69, 9.17) is 17.3 Å². The molecule has 0 aliphatic heterocycles. The molecule has 0 fully saturated rings. The quantitative estimate of drug-likeness (QED) is 0.691. The van der Waals surface area contributed by atoms with Crippen LogP contribution in [0.25, 0.3) is 21.3 Å². The lowest BCUT2D eigenvalue weighted by Crippen LogP contribution is -2.09. The highest BCUT2D eigenvalue weighted by atomic mass is 35.5. The largest absolute Gasteiger partial charge is 0.369 e. The van der Waals surface area contributed by atoms with Crippen LogP contribution in [0.1, 0.15) is 11.3 Å². The highest BCUT2D eigenvalue weighted by Crippen LogP contribution is 2.40. The van der Waals surface area contributed by atoms with Crippen molar-refractivity contribution in [2.24, 2.45) is 5.73 Å². The Morgan fingerprint density at radius 2 is 2.00 bits per heavy atom. The number of halogens is 1. The number of benzene rings is 1. The maximum absolute atomic E-state index is 6.00. The van der Waals surface area contributed by atoms with Crippen molar-refractivity contribution in [2.45, 2.75) is 13.3 Å². The van der Waals surface area contributed by atoms with Crippen molar-refractivity contribution < 1.29 is 0 Å². The number of hydrogen-bond acceptors (Lipinski definition) is 5. The Balaban J connectivity index is 2.12. The summed E-state index contributed by atoms with van der Waals surface area (Å²) in [5.41, 5.74) is 7.86. The Hall–Kier alpha value is -1.69. The molecule has 6 heteroatoms. The Bertz CT molecular complexity index is 783. The lowest BCUT2D eigenvalue weighted by Gasteiger charge is -2.08. The molecule has 3 rings (SSSR count). The van der Waals surface area contributed by atoms with Gasteiger partial charge in [-0.05, 0) is 37.6 Å². The van der Waals surface area contributed by atoms with E-state index in [-0.39, 0.29) is 0 Å². The molecule has 4 nitrogen and oxygen atoms in total. The Labute approximate surface area is 138 Å². The average molecular weight is 333 g/mol. The fraction of sp³-hybridized carbons (Fsp3) is 0.250. The molecule has 1 aromatic carbocycles. The van der Waals surface area contributed by atoms with Crippen LogP contribution in [0.5, 0.6) is 0 Å². The summed E-state index contributed by atoms with van der Waals surface area (Å²) in [6, 6.07) is 7.89. The van der Waals surface area contributed by atoms with Crippen molar-refractivity contribution >= 4 is 39.0 Å². The maximum Gasteiger partial charge on any atom is 0.138 e. The van der Waals surface area contributed by atoms with E-state index < -0.39 is 0 Å². The topological polar surface area (TPSA) is 63.8 Å². The fourth-order valence-electron chi connectivity index (χ4n) is 2.45. The van der Waals surface area contributed by atoms with Crippen LogP contribution >= 0.6 is 22.9 Å². The van der Waals surface area contributed by atoms with Gasteiger partial charge in [0.1, 0.15) is 17.0 Å². The van der Waals surface area contributed by atoms with Gasteiger partial charge in [-0.25, -0.2) is 9.97 Å². The van der Waals surface area contributed by atoms with Crippen LogP contribution < -0.4 is 11.1 Å². The molecule has 3 N–H and O–H groups in total. The highest BCUT2D eigenvalue weighted by Gasteiger charge is 2.16. The van der Waals surface area contributed by atoms with Gasteiger partial charge >= 0.3 is 0 Å². The Kier molecular flexibility index (Phi) is 4.57. The van der Waals surface area contributed by atoms with Gasteiger partial charge in [-0.15, -0.1) is 11.3 Å². The molecule has 3 aromatic rings. The van der Waals surface area contributed by atoms with Gasteiger partial charge in [0.05, 0.1) is 5.39 Å². The first-order valence-corrected chi connectivity index (χ1v) is 8.34. The number of hydrogen-bond donors (Lipinski definition) is 2. The second-order valence-electron chi connectivity index (χ2n) is 5.01. The van der Waals surface area contributed by atoms with Gasteiger partial charge in [0.25, 0.3) is 0 Å². The predicted octanol–water partition coefficient (Wildman–Crippen LogP) is 4.08. The van der Waals surface area contributed by atoms with Crippen molar-refractivity contribution in [3.63, 3.8) is 0 Å². The van der Waals surface area contributed by atoms with Crippen LogP contribution in [-0.4, -0.2) is 23.1 Å². The highest BCUT2D eigenvalue weighted by molar-refractivity contribution is 7.19. The number of nitrogens with two attached hydrogens (primary N) is 1. The fourth-order valence-corrected chi connectivity index (χ4v) is 3.59. The molecule has 2 aromatic heterocycles. The molecule has 0 unspecified atom stereocenters. The predicted molar refractivity (Wildman–Crippen MR) is 94.8 cm³/mol. The van der Waals surface area contributed by atoms with E-state index in [9.17, 15) is 0 Å². The molecule has 0 aliphatic rings. The number of rotatable bonds is 5. The number of fused-ring (bicyclic) bond motifs is 1. The zero-order valence-electron chi connectivity index (χ0n) is 12.3. The van der Waals surface area contributed by atoms with E-state index in [1.165, 1.54) is 10.4 Å². The summed E-state index contributed by atoms with van der Waals surface area (Å²) in [5.74, 6) is 0.868. The minimum Gasteiger partial charge on any atom is -0.369 e.